The molecule has 1 aromatic rings. The minimum atomic E-state index is -0.750. The molecule has 1 heterocycles. The maximum Gasteiger partial charge on any atom is 0.243 e. The van der Waals surface area contributed by atoms with Gasteiger partial charge in [-0.15, -0.1) is 0 Å². The van der Waals surface area contributed by atoms with E-state index in [-0.39, 0.29) is 11.7 Å². The Morgan fingerprint density at radius 1 is 1.20 bits per heavy atom. The average Bonchev–Trinajstić information content (AvgIpc) is 3.28. The van der Waals surface area contributed by atoms with Crippen LogP contribution in [0.15, 0.2) is 24.3 Å². The molecule has 1 aromatic carbocycles. The normalized spacial score (nSPS) is 20.4. The molecule has 104 valence electrons. The maximum absolute atomic E-state index is 13.7. The molecular weight excluding hydrogens is 257 g/mol. The summed E-state index contributed by atoms with van der Waals surface area (Å²) in [5.74, 6) is -0.281. The van der Waals surface area contributed by atoms with E-state index in [0.29, 0.717) is 44.7 Å². The lowest BCUT2D eigenvalue weighted by Gasteiger charge is -2.37. The van der Waals surface area contributed by atoms with E-state index in [4.69, 9.17) is 5.26 Å². The van der Waals surface area contributed by atoms with E-state index in [1.807, 2.05) is 11.0 Å². The van der Waals surface area contributed by atoms with Crippen LogP contribution in [0.4, 0.5) is 10.1 Å². The average molecular weight is 273 g/mol. The number of rotatable bonds is 2. The van der Waals surface area contributed by atoms with Crippen LogP contribution in [0.1, 0.15) is 12.8 Å². The van der Waals surface area contributed by atoms with Crippen molar-refractivity contribution in [3.05, 3.63) is 30.1 Å². The number of hydrogen-bond acceptors (Lipinski definition) is 3. The SMILES string of the molecule is N#CC1(C(=O)N2CCN(c3ccccc3F)CC2)CC1. The number of piperazine rings is 1. The van der Waals surface area contributed by atoms with Crippen molar-refractivity contribution in [2.24, 2.45) is 5.41 Å². The third kappa shape index (κ3) is 2.11. The largest absolute Gasteiger partial charge is 0.366 e. The van der Waals surface area contributed by atoms with Crippen molar-refractivity contribution < 1.29 is 9.18 Å². The van der Waals surface area contributed by atoms with Gasteiger partial charge in [0.25, 0.3) is 0 Å². The summed E-state index contributed by atoms with van der Waals surface area (Å²) < 4.78 is 13.7. The third-order valence-electron chi connectivity index (χ3n) is 4.13. The molecule has 3 rings (SSSR count). The van der Waals surface area contributed by atoms with Crippen molar-refractivity contribution >= 4 is 11.6 Å². The first-order chi connectivity index (χ1) is 9.66. The van der Waals surface area contributed by atoms with Gasteiger partial charge in [0.2, 0.25) is 5.91 Å². The standard InChI is InChI=1S/C15H16FN3O/c16-12-3-1-2-4-13(12)18-7-9-19(10-8-18)14(20)15(11-17)5-6-15/h1-4H,5-10H2. The van der Waals surface area contributed by atoms with Gasteiger partial charge in [0, 0.05) is 26.2 Å². The summed E-state index contributed by atoms with van der Waals surface area (Å²) >= 11 is 0. The number of amides is 1. The van der Waals surface area contributed by atoms with Crippen LogP contribution in [0, 0.1) is 22.6 Å². The summed E-state index contributed by atoms with van der Waals surface area (Å²) in [4.78, 5) is 15.9. The van der Waals surface area contributed by atoms with E-state index in [1.165, 1.54) is 6.07 Å². The van der Waals surface area contributed by atoms with Gasteiger partial charge in [-0.1, -0.05) is 12.1 Å². The lowest BCUT2D eigenvalue weighted by molar-refractivity contribution is -0.135. The monoisotopic (exact) mass is 273 g/mol. The highest BCUT2D eigenvalue weighted by atomic mass is 19.1. The van der Waals surface area contributed by atoms with Crippen LogP contribution in [-0.2, 0) is 4.79 Å². The van der Waals surface area contributed by atoms with Gasteiger partial charge in [-0.05, 0) is 25.0 Å². The summed E-state index contributed by atoms with van der Waals surface area (Å²) in [6.45, 7) is 2.32. The Morgan fingerprint density at radius 2 is 1.85 bits per heavy atom. The number of halogens is 1. The topological polar surface area (TPSA) is 47.3 Å². The first-order valence-electron chi connectivity index (χ1n) is 6.86. The molecule has 1 aliphatic carbocycles. The summed E-state index contributed by atoms with van der Waals surface area (Å²) in [5, 5.41) is 9.07. The second-order valence-corrected chi connectivity index (χ2v) is 5.42. The van der Waals surface area contributed by atoms with Crippen LogP contribution in [0.3, 0.4) is 0 Å². The molecule has 0 unspecified atom stereocenters. The highest BCUT2D eigenvalue weighted by molar-refractivity contribution is 5.88. The zero-order valence-electron chi connectivity index (χ0n) is 11.2. The molecule has 1 saturated heterocycles. The quantitative estimate of drug-likeness (QED) is 0.825. The molecular formula is C15H16FN3O. The lowest BCUT2D eigenvalue weighted by atomic mass is 10.1. The van der Waals surface area contributed by atoms with Crippen molar-refractivity contribution in [1.82, 2.24) is 4.90 Å². The molecule has 1 amide bonds. The van der Waals surface area contributed by atoms with Gasteiger partial charge in [-0.25, -0.2) is 4.39 Å². The molecule has 2 aliphatic rings. The number of nitriles is 1. The molecule has 0 N–H and O–H groups in total. The molecule has 5 heteroatoms. The van der Waals surface area contributed by atoms with E-state index in [1.54, 1.807) is 17.0 Å². The van der Waals surface area contributed by atoms with Crippen LogP contribution < -0.4 is 4.90 Å². The van der Waals surface area contributed by atoms with E-state index in [0.717, 1.165) is 0 Å². The smallest absolute Gasteiger partial charge is 0.243 e. The highest BCUT2D eigenvalue weighted by Crippen LogP contribution is 2.46. The Kier molecular flexibility index (Phi) is 3.09. The Balaban J connectivity index is 1.65. The summed E-state index contributed by atoms with van der Waals surface area (Å²) in [6, 6.07) is 8.82. The van der Waals surface area contributed by atoms with Crippen LogP contribution in [-0.4, -0.2) is 37.0 Å². The van der Waals surface area contributed by atoms with E-state index < -0.39 is 5.41 Å². The fourth-order valence-corrected chi connectivity index (χ4v) is 2.66. The zero-order chi connectivity index (χ0) is 14.2. The molecule has 2 fully saturated rings. The van der Waals surface area contributed by atoms with E-state index in [9.17, 15) is 9.18 Å². The lowest BCUT2D eigenvalue weighted by Crippen LogP contribution is -2.51. The van der Waals surface area contributed by atoms with Crippen molar-refractivity contribution in [3.63, 3.8) is 0 Å². The second-order valence-electron chi connectivity index (χ2n) is 5.42. The number of benzene rings is 1. The fourth-order valence-electron chi connectivity index (χ4n) is 2.66. The molecule has 1 saturated carbocycles. The van der Waals surface area contributed by atoms with Crippen LogP contribution in [0.2, 0.25) is 0 Å². The number of carbonyl (C=O) groups is 1. The molecule has 0 radical (unpaired) electrons. The van der Waals surface area contributed by atoms with Crippen molar-refractivity contribution in [2.45, 2.75) is 12.8 Å². The molecule has 1 aliphatic heterocycles. The van der Waals surface area contributed by atoms with Gasteiger partial charge < -0.3 is 9.80 Å². The minimum absolute atomic E-state index is 0.0480. The molecule has 0 bridgehead atoms. The van der Waals surface area contributed by atoms with E-state index in [2.05, 4.69) is 6.07 Å². The maximum atomic E-state index is 13.7. The highest BCUT2D eigenvalue weighted by Gasteiger charge is 2.52. The molecule has 0 atom stereocenters. The van der Waals surface area contributed by atoms with Gasteiger partial charge in [0.15, 0.2) is 0 Å². The summed E-state index contributed by atoms with van der Waals surface area (Å²) in [6.07, 6.45) is 1.35. The van der Waals surface area contributed by atoms with Gasteiger partial charge in [-0.3, -0.25) is 4.79 Å². The van der Waals surface area contributed by atoms with Gasteiger partial charge >= 0.3 is 0 Å². The first kappa shape index (κ1) is 12.9. The van der Waals surface area contributed by atoms with Crippen LogP contribution in [0.5, 0.6) is 0 Å². The summed E-state index contributed by atoms with van der Waals surface area (Å²) in [7, 11) is 0. The number of para-hydroxylation sites is 1. The Bertz CT molecular complexity index is 569. The van der Waals surface area contributed by atoms with E-state index >= 15 is 0 Å². The predicted molar refractivity (Wildman–Crippen MR) is 72.5 cm³/mol. The van der Waals surface area contributed by atoms with Crippen molar-refractivity contribution in [1.29, 1.82) is 5.26 Å². The van der Waals surface area contributed by atoms with Gasteiger partial charge in [-0.2, -0.15) is 5.26 Å². The predicted octanol–water partition coefficient (Wildman–Crippen LogP) is 1.78. The third-order valence-corrected chi connectivity index (χ3v) is 4.13. The number of hydrogen-bond donors (Lipinski definition) is 0. The Morgan fingerprint density at radius 3 is 2.40 bits per heavy atom. The zero-order valence-corrected chi connectivity index (χ0v) is 11.2. The van der Waals surface area contributed by atoms with Crippen LogP contribution >= 0.6 is 0 Å². The summed E-state index contributed by atoms with van der Waals surface area (Å²) in [5.41, 5.74) is -0.166. The van der Waals surface area contributed by atoms with Crippen LogP contribution in [0.25, 0.3) is 0 Å². The molecule has 0 aromatic heterocycles. The minimum Gasteiger partial charge on any atom is -0.366 e. The molecule has 0 spiro atoms. The molecule has 4 nitrogen and oxygen atoms in total. The number of anilines is 1. The first-order valence-corrected chi connectivity index (χ1v) is 6.86. The van der Waals surface area contributed by atoms with Gasteiger partial charge in [0.05, 0.1) is 11.8 Å². The second kappa shape index (κ2) is 4.78. The molecule has 20 heavy (non-hydrogen) atoms. The van der Waals surface area contributed by atoms with Crippen molar-refractivity contribution in [2.75, 3.05) is 31.1 Å². The number of nitrogens with zero attached hydrogens (tertiary/aromatic N) is 3. The Hall–Kier alpha value is -2.09. The Labute approximate surface area is 117 Å². The van der Waals surface area contributed by atoms with Crippen molar-refractivity contribution in [3.8, 4) is 6.07 Å². The fraction of sp³-hybridized carbons (Fsp3) is 0.467. The van der Waals surface area contributed by atoms with Gasteiger partial charge in [0.1, 0.15) is 11.2 Å². The number of carbonyl (C=O) groups excluding carboxylic acids is 1.